The minimum atomic E-state index is -0.819. The SMILES string of the molecule is CCN1OC2(CCN(C(=O)Nc3ccc(F)cc3F)CC2)CC1=O. The summed E-state index contributed by atoms with van der Waals surface area (Å²) < 4.78 is 26.5. The molecule has 3 rings (SSSR count). The number of piperidine rings is 1. The number of hydroxylamine groups is 2. The Hall–Kier alpha value is -2.22. The van der Waals surface area contributed by atoms with Gasteiger partial charge in [-0.05, 0) is 31.9 Å². The Morgan fingerprint density at radius 1 is 1.33 bits per heavy atom. The average molecular weight is 339 g/mol. The normalized spacial score (nSPS) is 19.9. The first-order valence-corrected chi connectivity index (χ1v) is 7.93. The summed E-state index contributed by atoms with van der Waals surface area (Å²) in [5.41, 5.74) is -0.600. The lowest BCUT2D eigenvalue weighted by Crippen LogP contribution is -2.48. The second kappa shape index (κ2) is 6.35. The number of nitrogens with zero attached hydrogens (tertiary/aromatic N) is 2. The molecule has 0 saturated carbocycles. The lowest BCUT2D eigenvalue weighted by atomic mass is 9.89. The standard InChI is InChI=1S/C16H19F2N3O3/c1-2-21-14(22)10-16(24-21)5-7-20(8-6-16)15(23)19-13-4-3-11(17)9-12(13)18/h3-4,9H,2,5-8,10H2,1H3,(H,19,23). The second-order valence-corrected chi connectivity index (χ2v) is 6.08. The van der Waals surface area contributed by atoms with E-state index in [9.17, 15) is 18.4 Å². The van der Waals surface area contributed by atoms with Crippen molar-refractivity contribution in [3.8, 4) is 0 Å². The van der Waals surface area contributed by atoms with Gasteiger partial charge in [0.15, 0.2) is 0 Å². The van der Waals surface area contributed by atoms with E-state index >= 15 is 0 Å². The Bertz CT molecular complexity index is 660. The number of urea groups is 1. The molecule has 8 heteroatoms. The first-order chi connectivity index (χ1) is 11.4. The van der Waals surface area contributed by atoms with Crippen molar-refractivity contribution >= 4 is 17.6 Å². The number of amides is 3. The van der Waals surface area contributed by atoms with Gasteiger partial charge in [0.2, 0.25) is 5.91 Å². The Labute approximate surface area is 138 Å². The van der Waals surface area contributed by atoms with Gasteiger partial charge in [-0.1, -0.05) is 0 Å². The van der Waals surface area contributed by atoms with Crippen molar-refractivity contribution in [2.75, 3.05) is 25.0 Å². The summed E-state index contributed by atoms with van der Waals surface area (Å²) in [6.07, 6.45) is 1.39. The zero-order valence-corrected chi connectivity index (χ0v) is 13.3. The van der Waals surface area contributed by atoms with E-state index in [0.29, 0.717) is 38.9 Å². The molecule has 1 aromatic carbocycles. The lowest BCUT2D eigenvalue weighted by Gasteiger charge is -2.37. The van der Waals surface area contributed by atoms with E-state index in [-0.39, 0.29) is 11.6 Å². The van der Waals surface area contributed by atoms with Crippen molar-refractivity contribution in [2.24, 2.45) is 0 Å². The highest BCUT2D eigenvalue weighted by Crippen LogP contribution is 2.36. The Morgan fingerprint density at radius 2 is 2.04 bits per heavy atom. The molecule has 2 saturated heterocycles. The van der Waals surface area contributed by atoms with Gasteiger partial charge in [0.05, 0.1) is 12.1 Å². The quantitative estimate of drug-likeness (QED) is 0.901. The summed E-state index contributed by atoms with van der Waals surface area (Å²) in [6, 6.07) is 2.54. The number of likely N-dealkylation sites (tertiary alicyclic amines) is 1. The smallest absolute Gasteiger partial charge is 0.321 e. The van der Waals surface area contributed by atoms with E-state index in [1.807, 2.05) is 6.92 Å². The van der Waals surface area contributed by atoms with Gasteiger partial charge in [0.25, 0.3) is 0 Å². The monoisotopic (exact) mass is 339 g/mol. The molecule has 6 nitrogen and oxygen atoms in total. The van der Waals surface area contributed by atoms with Crippen LogP contribution in [-0.2, 0) is 9.63 Å². The van der Waals surface area contributed by atoms with Crippen LogP contribution in [0.15, 0.2) is 18.2 Å². The molecule has 0 bridgehead atoms. The Morgan fingerprint density at radius 3 is 2.62 bits per heavy atom. The van der Waals surface area contributed by atoms with Gasteiger partial charge in [-0.15, -0.1) is 0 Å². The van der Waals surface area contributed by atoms with Gasteiger partial charge in [-0.2, -0.15) is 0 Å². The summed E-state index contributed by atoms with van der Waals surface area (Å²) in [7, 11) is 0. The van der Waals surface area contributed by atoms with Crippen LogP contribution in [0.4, 0.5) is 19.3 Å². The molecule has 0 aromatic heterocycles. The minimum absolute atomic E-state index is 0.0382. The molecule has 130 valence electrons. The highest BCUT2D eigenvalue weighted by atomic mass is 19.1. The number of hydrogen-bond donors (Lipinski definition) is 1. The third-order valence-electron chi connectivity index (χ3n) is 4.48. The number of carbonyl (C=O) groups excluding carboxylic acids is 2. The number of hydrogen-bond acceptors (Lipinski definition) is 3. The average Bonchev–Trinajstić information content (AvgIpc) is 2.86. The third-order valence-corrected chi connectivity index (χ3v) is 4.48. The molecular formula is C16H19F2N3O3. The highest BCUT2D eigenvalue weighted by molar-refractivity contribution is 5.89. The molecule has 0 unspecified atom stereocenters. The number of benzene rings is 1. The summed E-state index contributed by atoms with van der Waals surface area (Å²) in [5, 5.41) is 3.81. The fourth-order valence-electron chi connectivity index (χ4n) is 3.09. The Kier molecular flexibility index (Phi) is 4.40. The fourth-order valence-corrected chi connectivity index (χ4v) is 3.09. The zero-order valence-electron chi connectivity index (χ0n) is 13.3. The van der Waals surface area contributed by atoms with Gasteiger partial charge >= 0.3 is 6.03 Å². The number of halogens is 2. The zero-order chi connectivity index (χ0) is 17.3. The number of anilines is 1. The van der Waals surface area contributed by atoms with Crippen molar-refractivity contribution in [3.05, 3.63) is 29.8 Å². The van der Waals surface area contributed by atoms with E-state index in [0.717, 1.165) is 12.1 Å². The third kappa shape index (κ3) is 3.19. The summed E-state index contributed by atoms with van der Waals surface area (Å²) in [6.45, 7) is 3.14. The van der Waals surface area contributed by atoms with E-state index in [1.54, 1.807) is 0 Å². The fraction of sp³-hybridized carbons (Fsp3) is 0.500. The van der Waals surface area contributed by atoms with Crippen molar-refractivity contribution < 1.29 is 23.2 Å². The number of nitrogens with one attached hydrogen (secondary N) is 1. The molecule has 1 aromatic rings. The molecule has 0 radical (unpaired) electrons. The second-order valence-electron chi connectivity index (χ2n) is 6.08. The molecule has 0 aliphatic carbocycles. The summed E-state index contributed by atoms with van der Waals surface area (Å²) >= 11 is 0. The molecular weight excluding hydrogens is 320 g/mol. The van der Waals surface area contributed by atoms with Crippen LogP contribution in [0.3, 0.4) is 0 Å². The molecule has 1 spiro atoms. The lowest BCUT2D eigenvalue weighted by molar-refractivity contribution is -0.206. The van der Waals surface area contributed by atoms with Crippen LogP contribution in [0.1, 0.15) is 26.2 Å². The largest absolute Gasteiger partial charge is 0.324 e. The molecule has 2 aliphatic heterocycles. The highest BCUT2D eigenvalue weighted by Gasteiger charge is 2.46. The topological polar surface area (TPSA) is 61.9 Å². The molecule has 1 N–H and O–H groups in total. The molecule has 3 amide bonds. The van der Waals surface area contributed by atoms with E-state index in [2.05, 4.69) is 5.32 Å². The van der Waals surface area contributed by atoms with Crippen LogP contribution >= 0.6 is 0 Å². The molecule has 24 heavy (non-hydrogen) atoms. The van der Waals surface area contributed by atoms with Gasteiger partial charge in [0, 0.05) is 25.7 Å². The van der Waals surface area contributed by atoms with Crippen LogP contribution < -0.4 is 5.32 Å². The van der Waals surface area contributed by atoms with Crippen LogP contribution in [0, 0.1) is 11.6 Å². The van der Waals surface area contributed by atoms with E-state index < -0.39 is 23.3 Å². The van der Waals surface area contributed by atoms with Gasteiger partial charge in [-0.25, -0.2) is 18.6 Å². The van der Waals surface area contributed by atoms with Crippen LogP contribution in [0.5, 0.6) is 0 Å². The molecule has 2 aliphatic rings. The maximum atomic E-state index is 13.6. The predicted octanol–water partition coefficient (Wildman–Crippen LogP) is 2.52. The van der Waals surface area contributed by atoms with Crippen molar-refractivity contribution in [1.82, 2.24) is 9.96 Å². The maximum absolute atomic E-state index is 13.6. The summed E-state index contributed by atoms with van der Waals surface area (Å²) in [5.74, 6) is -1.56. The first kappa shape index (κ1) is 16.6. The molecule has 0 atom stereocenters. The minimum Gasteiger partial charge on any atom is -0.324 e. The van der Waals surface area contributed by atoms with Crippen molar-refractivity contribution in [2.45, 2.75) is 31.8 Å². The van der Waals surface area contributed by atoms with Crippen LogP contribution in [-0.4, -0.2) is 47.1 Å². The van der Waals surface area contributed by atoms with E-state index in [4.69, 9.17) is 4.84 Å². The van der Waals surface area contributed by atoms with Gasteiger partial charge in [-0.3, -0.25) is 9.63 Å². The summed E-state index contributed by atoms with van der Waals surface area (Å²) in [4.78, 5) is 31.4. The van der Waals surface area contributed by atoms with E-state index in [1.165, 1.54) is 16.0 Å². The molecule has 2 heterocycles. The predicted molar refractivity (Wildman–Crippen MR) is 82.0 cm³/mol. The Balaban J connectivity index is 1.58. The number of rotatable bonds is 2. The van der Waals surface area contributed by atoms with Crippen molar-refractivity contribution in [3.63, 3.8) is 0 Å². The maximum Gasteiger partial charge on any atom is 0.321 e. The molecule has 2 fully saturated rings. The number of carbonyl (C=O) groups is 2. The first-order valence-electron chi connectivity index (χ1n) is 7.93. The van der Waals surface area contributed by atoms with Crippen molar-refractivity contribution in [1.29, 1.82) is 0 Å². The van der Waals surface area contributed by atoms with Gasteiger partial charge < -0.3 is 10.2 Å². The van der Waals surface area contributed by atoms with Crippen LogP contribution in [0.2, 0.25) is 0 Å². The van der Waals surface area contributed by atoms with Gasteiger partial charge in [0.1, 0.15) is 17.2 Å². The van der Waals surface area contributed by atoms with Crippen LogP contribution in [0.25, 0.3) is 0 Å².